The summed E-state index contributed by atoms with van der Waals surface area (Å²) in [5, 5.41) is 5.91. The predicted octanol–water partition coefficient (Wildman–Crippen LogP) is 2.81. The molecule has 2 N–H and O–H groups in total. The number of hydrogen-bond acceptors (Lipinski definition) is 3. The van der Waals surface area contributed by atoms with Crippen LogP contribution in [0.3, 0.4) is 0 Å². The van der Waals surface area contributed by atoms with Crippen molar-refractivity contribution in [3.63, 3.8) is 0 Å². The zero-order valence-corrected chi connectivity index (χ0v) is 18.2. The molecule has 3 amide bonds. The first-order chi connectivity index (χ1) is 13.8. The molecule has 0 saturated heterocycles. The number of halogens is 1. The van der Waals surface area contributed by atoms with E-state index in [1.54, 1.807) is 14.1 Å². The second kappa shape index (κ2) is 7.59. The van der Waals surface area contributed by atoms with E-state index in [0.717, 1.165) is 23.0 Å². The zero-order chi connectivity index (χ0) is 20.8. The number of hydrogen-bond donors (Lipinski definition) is 2. The summed E-state index contributed by atoms with van der Waals surface area (Å²) >= 11 is 3.40. The highest BCUT2D eigenvalue weighted by Crippen LogP contribution is 2.72. The number of anilines is 1. The van der Waals surface area contributed by atoms with Crippen molar-refractivity contribution in [2.45, 2.75) is 19.3 Å². The molecule has 1 aromatic rings. The molecule has 2 fully saturated rings. The van der Waals surface area contributed by atoms with Crippen LogP contribution in [0.2, 0.25) is 0 Å². The standard InChI is InChI=1S/C22H26BrN3O3/c1-26(2)17(27)9-12-24-20(28)18-15-7-8-16(22(15)10-11-22)19(18)21(29)25-14-5-3-13(23)4-6-14/h3-8,15-16,18-19H,9-12H2,1-2H3,(H,24,28)(H,25,29)/t15-,16+,18-,19-/m1/s1. The Morgan fingerprint density at radius 1 is 1.03 bits per heavy atom. The second-order valence-corrected chi connectivity index (χ2v) is 9.46. The van der Waals surface area contributed by atoms with Crippen molar-refractivity contribution in [1.82, 2.24) is 10.2 Å². The van der Waals surface area contributed by atoms with E-state index >= 15 is 0 Å². The van der Waals surface area contributed by atoms with Gasteiger partial charge in [-0.25, -0.2) is 0 Å². The Labute approximate surface area is 179 Å². The van der Waals surface area contributed by atoms with E-state index in [-0.39, 0.29) is 53.2 Å². The van der Waals surface area contributed by atoms with E-state index in [1.807, 2.05) is 24.3 Å². The molecule has 0 heterocycles. The number of carbonyl (C=O) groups excluding carboxylic acids is 3. The van der Waals surface area contributed by atoms with E-state index in [4.69, 9.17) is 0 Å². The molecule has 6 nitrogen and oxygen atoms in total. The van der Waals surface area contributed by atoms with Crippen LogP contribution in [0.25, 0.3) is 0 Å². The molecule has 29 heavy (non-hydrogen) atoms. The molecular formula is C22H26BrN3O3. The lowest BCUT2D eigenvalue weighted by atomic mass is 9.81. The molecule has 4 atom stereocenters. The van der Waals surface area contributed by atoms with Gasteiger partial charge in [0.1, 0.15) is 0 Å². The summed E-state index contributed by atoms with van der Waals surface area (Å²) in [6, 6.07) is 7.45. The number of benzene rings is 1. The van der Waals surface area contributed by atoms with Crippen molar-refractivity contribution in [2.24, 2.45) is 29.1 Å². The molecule has 154 valence electrons. The molecule has 0 aromatic heterocycles. The fourth-order valence-electron chi connectivity index (χ4n) is 5.10. The quantitative estimate of drug-likeness (QED) is 0.641. The summed E-state index contributed by atoms with van der Waals surface area (Å²) in [6.07, 6.45) is 6.68. The summed E-state index contributed by atoms with van der Waals surface area (Å²) in [6.45, 7) is 0.293. The van der Waals surface area contributed by atoms with Gasteiger partial charge in [0.05, 0.1) is 11.8 Å². The average molecular weight is 460 g/mol. The minimum Gasteiger partial charge on any atom is -0.355 e. The van der Waals surface area contributed by atoms with Crippen LogP contribution >= 0.6 is 15.9 Å². The van der Waals surface area contributed by atoms with Gasteiger partial charge in [-0.05, 0) is 54.4 Å². The first kappa shape index (κ1) is 20.1. The summed E-state index contributed by atoms with van der Waals surface area (Å²) < 4.78 is 0.944. The minimum atomic E-state index is -0.377. The Morgan fingerprint density at radius 2 is 1.62 bits per heavy atom. The fourth-order valence-corrected chi connectivity index (χ4v) is 5.37. The molecule has 3 aliphatic rings. The summed E-state index contributed by atoms with van der Waals surface area (Å²) in [5.74, 6) is -0.769. The van der Waals surface area contributed by atoms with Gasteiger partial charge in [-0.3, -0.25) is 14.4 Å². The molecule has 7 heteroatoms. The molecule has 2 saturated carbocycles. The van der Waals surface area contributed by atoms with Crippen molar-refractivity contribution >= 4 is 39.3 Å². The zero-order valence-electron chi connectivity index (χ0n) is 16.7. The summed E-state index contributed by atoms with van der Waals surface area (Å²) in [4.78, 5) is 39.5. The lowest BCUT2D eigenvalue weighted by molar-refractivity contribution is -0.133. The van der Waals surface area contributed by atoms with Gasteiger partial charge >= 0.3 is 0 Å². The number of amides is 3. The molecule has 1 aromatic carbocycles. The smallest absolute Gasteiger partial charge is 0.228 e. The van der Waals surface area contributed by atoms with Crippen LogP contribution in [-0.2, 0) is 14.4 Å². The van der Waals surface area contributed by atoms with E-state index in [2.05, 4.69) is 38.7 Å². The van der Waals surface area contributed by atoms with Crippen LogP contribution in [0.1, 0.15) is 19.3 Å². The highest BCUT2D eigenvalue weighted by atomic mass is 79.9. The highest BCUT2D eigenvalue weighted by Gasteiger charge is 2.69. The average Bonchev–Trinajstić information content (AvgIpc) is 3.35. The lowest BCUT2D eigenvalue weighted by Crippen LogP contribution is -2.42. The van der Waals surface area contributed by atoms with Crippen molar-refractivity contribution < 1.29 is 14.4 Å². The largest absolute Gasteiger partial charge is 0.355 e. The third kappa shape index (κ3) is 3.61. The van der Waals surface area contributed by atoms with E-state index in [0.29, 0.717) is 6.54 Å². The van der Waals surface area contributed by atoms with Crippen molar-refractivity contribution in [3.8, 4) is 0 Å². The molecule has 0 unspecified atom stereocenters. The third-order valence-corrected chi connectivity index (χ3v) is 7.22. The van der Waals surface area contributed by atoms with Gasteiger partial charge in [0, 0.05) is 37.2 Å². The summed E-state index contributed by atoms with van der Waals surface area (Å²) in [5.41, 5.74) is 0.814. The first-order valence-electron chi connectivity index (χ1n) is 10.1. The Kier molecular flexibility index (Phi) is 5.27. The molecule has 4 rings (SSSR count). The number of nitrogens with zero attached hydrogens (tertiary/aromatic N) is 1. The fraction of sp³-hybridized carbons (Fsp3) is 0.500. The van der Waals surface area contributed by atoms with Gasteiger partial charge < -0.3 is 15.5 Å². The van der Waals surface area contributed by atoms with Crippen LogP contribution < -0.4 is 10.6 Å². The van der Waals surface area contributed by atoms with Gasteiger partial charge in [0.25, 0.3) is 0 Å². The molecular weight excluding hydrogens is 434 g/mol. The van der Waals surface area contributed by atoms with Gasteiger partial charge in [-0.2, -0.15) is 0 Å². The predicted molar refractivity (Wildman–Crippen MR) is 114 cm³/mol. The molecule has 3 aliphatic carbocycles. The number of carbonyl (C=O) groups is 3. The molecule has 2 bridgehead atoms. The van der Waals surface area contributed by atoms with Gasteiger partial charge in [-0.1, -0.05) is 28.1 Å². The Balaban J connectivity index is 1.48. The van der Waals surface area contributed by atoms with Crippen molar-refractivity contribution in [3.05, 3.63) is 40.9 Å². The van der Waals surface area contributed by atoms with Crippen molar-refractivity contribution in [1.29, 1.82) is 0 Å². The number of allylic oxidation sites excluding steroid dienone is 2. The van der Waals surface area contributed by atoms with Gasteiger partial charge in [0.15, 0.2) is 0 Å². The number of rotatable bonds is 6. The Morgan fingerprint density at radius 3 is 2.17 bits per heavy atom. The molecule has 0 radical (unpaired) electrons. The van der Waals surface area contributed by atoms with Crippen molar-refractivity contribution in [2.75, 3.05) is 26.0 Å². The second-order valence-electron chi connectivity index (χ2n) is 8.55. The maximum Gasteiger partial charge on any atom is 0.228 e. The third-order valence-electron chi connectivity index (χ3n) is 6.70. The summed E-state index contributed by atoms with van der Waals surface area (Å²) in [7, 11) is 3.40. The Hall–Kier alpha value is -2.15. The van der Waals surface area contributed by atoms with E-state index in [9.17, 15) is 14.4 Å². The van der Waals surface area contributed by atoms with Crippen LogP contribution in [0.4, 0.5) is 5.69 Å². The molecule has 0 aliphatic heterocycles. The van der Waals surface area contributed by atoms with E-state index in [1.165, 1.54) is 4.90 Å². The Bertz CT molecular complexity index is 861. The van der Waals surface area contributed by atoms with E-state index < -0.39 is 0 Å². The minimum absolute atomic E-state index is 0.0265. The van der Waals surface area contributed by atoms with Crippen LogP contribution in [0, 0.1) is 29.1 Å². The topological polar surface area (TPSA) is 78.5 Å². The SMILES string of the molecule is CN(C)C(=O)CCNC(=O)[C@H]1[C@H](C(=O)Nc2ccc(Br)cc2)[C@@H]2C=C[C@H]1C21CC1. The van der Waals surface area contributed by atoms with Crippen LogP contribution in [-0.4, -0.2) is 43.3 Å². The highest BCUT2D eigenvalue weighted by molar-refractivity contribution is 9.10. The normalized spacial score (nSPS) is 27.7. The first-order valence-corrected chi connectivity index (χ1v) is 10.9. The van der Waals surface area contributed by atoms with Crippen LogP contribution in [0.15, 0.2) is 40.9 Å². The monoisotopic (exact) mass is 459 g/mol. The van der Waals surface area contributed by atoms with Gasteiger partial charge in [0.2, 0.25) is 17.7 Å². The van der Waals surface area contributed by atoms with Gasteiger partial charge in [-0.15, -0.1) is 0 Å². The number of nitrogens with one attached hydrogen (secondary N) is 2. The maximum absolute atomic E-state index is 13.2. The van der Waals surface area contributed by atoms with Crippen LogP contribution in [0.5, 0.6) is 0 Å². The lowest BCUT2D eigenvalue weighted by Gasteiger charge is -2.26. The maximum atomic E-state index is 13.2. The molecule has 1 spiro atoms.